The second kappa shape index (κ2) is 2.30. The summed E-state index contributed by atoms with van der Waals surface area (Å²) in [5.41, 5.74) is 4.68. The van der Waals surface area contributed by atoms with Gasteiger partial charge in [-0.2, -0.15) is 14.8 Å². The summed E-state index contributed by atoms with van der Waals surface area (Å²) in [6.07, 6.45) is 1.40. The van der Waals surface area contributed by atoms with Gasteiger partial charge in [0.2, 0.25) is 0 Å². The normalized spacial score (nSPS) is 9.20. The number of nitrogens with zero attached hydrogens (tertiary/aromatic N) is 3. The quantitative estimate of drug-likeness (QED) is 0.521. The van der Waals surface area contributed by atoms with Crippen molar-refractivity contribution < 1.29 is 0 Å². The Labute approximate surface area is 56.8 Å². The monoisotopic (exact) mass is 138 g/mol. The van der Waals surface area contributed by atoms with E-state index in [0.717, 1.165) is 4.68 Å². The molecule has 1 rings (SSSR count). The van der Waals surface area contributed by atoms with Crippen molar-refractivity contribution in [3.05, 3.63) is 22.7 Å². The first-order valence-corrected chi connectivity index (χ1v) is 2.56. The van der Waals surface area contributed by atoms with Crippen molar-refractivity contribution in [3.63, 3.8) is 0 Å². The number of anilines is 1. The number of hydrogen-bond donors (Lipinski definition) is 1. The highest BCUT2D eigenvalue weighted by Crippen LogP contribution is 1.87. The summed E-state index contributed by atoms with van der Waals surface area (Å²) in [6, 6.07) is 1.47. The maximum absolute atomic E-state index is 10.7. The van der Waals surface area contributed by atoms with Gasteiger partial charge < -0.3 is 5.73 Å². The van der Waals surface area contributed by atoms with E-state index in [1.807, 2.05) is 0 Å². The SMILES string of the molecule is C=Nn1ccc(N)nc1=O. The highest BCUT2D eigenvalue weighted by Gasteiger charge is 1.91. The van der Waals surface area contributed by atoms with Crippen LogP contribution >= 0.6 is 0 Å². The number of hydrogen-bond acceptors (Lipinski definition) is 4. The summed E-state index contributed by atoms with van der Waals surface area (Å²) in [6.45, 7) is 3.15. The van der Waals surface area contributed by atoms with Gasteiger partial charge in [-0.15, -0.1) is 0 Å². The summed E-state index contributed by atoms with van der Waals surface area (Å²) in [4.78, 5) is 14.1. The third-order valence-corrected chi connectivity index (χ3v) is 0.960. The number of aromatic nitrogens is 2. The second-order valence-electron chi connectivity index (χ2n) is 1.62. The molecule has 1 heterocycles. The molecule has 0 aliphatic rings. The van der Waals surface area contributed by atoms with E-state index in [4.69, 9.17) is 5.73 Å². The average molecular weight is 138 g/mol. The molecule has 0 aliphatic heterocycles. The van der Waals surface area contributed by atoms with E-state index < -0.39 is 5.69 Å². The molecule has 0 aliphatic carbocycles. The van der Waals surface area contributed by atoms with Gasteiger partial charge in [0.25, 0.3) is 0 Å². The molecule has 0 unspecified atom stereocenters. The number of nitrogens with two attached hydrogens (primary N) is 1. The average Bonchev–Trinajstić information content (AvgIpc) is 1.88. The highest BCUT2D eigenvalue weighted by molar-refractivity contribution is 5.26. The van der Waals surface area contributed by atoms with Crippen LogP contribution < -0.4 is 11.4 Å². The number of rotatable bonds is 1. The van der Waals surface area contributed by atoms with Gasteiger partial charge in [0.05, 0.1) is 0 Å². The first-order chi connectivity index (χ1) is 4.74. The standard InChI is InChI=1S/C5H6N4O/c1-7-9-3-2-4(6)8-5(9)10/h2-3H,1H2,(H2,6,8,10). The van der Waals surface area contributed by atoms with Crippen LogP contribution in [0.25, 0.3) is 0 Å². The van der Waals surface area contributed by atoms with E-state index in [1.54, 1.807) is 0 Å². The van der Waals surface area contributed by atoms with Crippen molar-refractivity contribution >= 4 is 12.5 Å². The van der Waals surface area contributed by atoms with Crippen molar-refractivity contribution in [1.82, 2.24) is 9.66 Å². The van der Waals surface area contributed by atoms with Gasteiger partial charge in [-0.25, -0.2) is 4.79 Å². The summed E-state index contributed by atoms with van der Waals surface area (Å²) in [5, 5.41) is 3.35. The van der Waals surface area contributed by atoms with E-state index >= 15 is 0 Å². The third kappa shape index (κ3) is 1.02. The van der Waals surface area contributed by atoms with Crippen LogP contribution in [0.1, 0.15) is 0 Å². The van der Waals surface area contributed by atoms with Crippen LogP contribution in [0.2, 0.25) is 0 Å². The molecule has 2 N–H and O–H groups in total. The molecule has 0 saturated carbocycles. The van der Waals surface area contributed by atoms with E-state index in [-0.39, 0.29) is 5.82 Å². The third-order valence-electron chi connectivity index (χ3n) is 0.960. The molecule has 1 aromatic heterocycles. The minimum atomic E-state index is -0.519. The van der Waals surface area contributed by atoms with Crippen LogP contribution in [0.5, 0.6) is 0 Å². The topological polar surface area (TPSA) is 73.3 Å². The molecule has 1 aromatic rings. The molecule has 0 atom stereocenters. The predicted octanol–water partition coefficient (Wildman–Crippen LogP) is -0.711. The van der Waals surface area contributed by atoms with Crippen LogP contribution in [0.15, 0.2) is 22.2 Å². The Morgan fingerprint density at radius 3 is 3.00 bits per heavy atom. The molecule has 0 bridgehead atoms. The molecule has 5 nitrogen and oxygen atoms in total. The van der Waals surface area contributed by atoms with Gasteiger partial charge in [0.15, 0.2) is 0 Å². The maximum atomic E-state index is 10.7. The molecule has 5 heteroatoms. The Hall–Kier alpha value is -1.65. The van der Waals surface area contributed by atoms with Crippen LogP contribution in [-0.2, 0) is 0 Å². The maximum Gasteiger partial charge on any atom is 0.370 e. The van der Waals surface area contributed by atoms with Gasteiger partial charge in [0, 0.05) is 12.9 Å². The minimum Gasteiger partial charge on any atom is -0.383 e. The molecule has 0 fully saturated rings. The summed E-state index contributed by atoms with van der Waals surface area (Å²) in [7, 11) is 0. The fourth-order valence-electron chi connectivity index (χ4n) is 0.517. The van der Waals surface area contributed by atoms with Crippen LogP contribution in [0.3, 0.4) is 0 Å². The van der Waals surface area contributed by atoms with Gasteiger partial charge in [-0.3, -0.25) is 0 Å². The molecule has 0 amide bonds. The molecule has 10 heavy (non-hydrogen) atoms. The lowest BCUT2D eigenvalue weighted by Crippen LogP contribution is -2.19. The first kappa shape index (κ1) is 6.47. The van der Waals surface area contributed by atoms with Crippen molar-refractivity contribution in [2.45, 2.75) is 0 Å². The lowest BCUT2D eigenvalue weighted by Gasteiger charge is -1.93. The fraction of sp³-hybridized carbons (Fsp3) is 0. The smallest absolute Gasteiger partial charge is 0.370 e. The second-order valence-corrected chi connectivity index (χ2v) is 1.62. The Bertz CT molecular complexity index is 303. The lowest BCUT2D eigenvalue weighted by atomic mass is 10.6. The van der Waals surface area contributed by atoms with Gasteiger partial charge in [0.1, 0.15) is 5.82 Å². The largest absolute Gasteiger partial charge is 0.383 e. The first-order valence-electron chi connectivity index (χ1n) is 2.56. The van der Waals surface area contributed by atoms with Crippen molar-refractivity contribution in [2.75, 3.05) is 5.73 Å². The molecular formula is C5H6N4O. The van der Waals surface area contributed by atoms with Crippen molar-refractivity contribution in [3.8, 4) is 0 Å². The van der Waals surface area contributed by atoms with E-state index in [0.29, 0.717) is 0 Å². The van der Waals surface area contributed by atoms with Crippen LogP contribution in [0.4, 0.5) is 5.82 Å². The predicted molar refractivity (Wildman–Crippen MR) is 37.9 cm³/mol. The highest BCUT2D eigenvalue weighted by atomic mass is 16.1. The number of nitrogen functional groups attached to an aromatic ring is 1. The Morgan fingerprint density at radius 1 is 1.80 bits per heavy atom. The lowest BCUT2D eigenvalue weighted by molar-refractivity contribution is 0.794. The fourth-order valence-corrected chi connectivity index (χ4v) is 0.517. The Kier molecular flexibility index (Phi) is 1.49. The zero-order valence-corrected chi connectivity index (χ0v) is 5.19. The molecule has 0 saturated heterocycles. The van der Waals surface area contributed by atoms with Crippen LogP contribution in [-0.4, -0.2) is 16.4 Å². The molecule has 52 valence electrons. The minimum absolute atomic E-state index is 0.185. The zero-order valence-electron chi connectivity index (χ0n) is 5.19. The Balaban J connectivity index is 3.33. The van der Waals surface area contributed by atoms with E-state index in [2.05, 4.69) is 16.8 Å². The summed E-state index contributed by atoms with van der Waals surface area (Å²) >= 11 is 0. The molecule has 0 aromatic carbocycles. The van der Waals surface area contributed by atoms with Gasteiger partial charge >= 0.3 is 5.69 Å². The van der Waals surface area contributed by atoms with E-state index in [9.17, 15) is 4.79 Å². The van der Waals surface area contributed by atoms with Crippen LogP contribution in [0, 0.1) is 0 Å². The summed E-state index contributed by atoms with van der Waals surface area (Å²) < 4.78 is 0.996. The van der Waals surface area contributed by atoms with Crippen molar-refractivity contribution in [1.29, 1.82) is 0 Å². The van der Waals surface area contributed by atoms with Gasteiger partial charge in [-0.1, -0.05) is 0 Å². The van der Waals surface area contributed by atoms with E-state index in [1.165, 1.54) is 12.3 Å². The molecule has 0 radical (unpaired) electrons. The summed E-state index contributed by atoms with van der Waals surface area (Å²) in [5.74, 6) is 0.185. The molecular weight excluding hydrogens is 132 g/mol. The van der Waals surface area contributed by atoms with Gasteiger partial charge in [-0.05, 0) is 6.07 Å². The Morgan fingerprint density at radius 2 is 2.50 bits per heavy atom. The van der Waals surface area contributed by atoms with Crippen molar-refractivity contribution in [2.24, 2.45) is 5.10 Å². The zero-order chi connectivity index (χ0) is 7.56. The molecule has 0 spiro atoms.